The van der Waals surface area contributed by atoms with E-state index in [1.54, 1.807) is 7.11 Å². The van der Waals surface area contributed by atoms with E-state index in [9.17, 15) is 18.0 Å². The molecule has 0 aliphatic carbocycles. The third kappa shape index (κ3) is 8.16. The summed E-state index contributed by atoms with van der Waals surface area (Å²) >= 11 is 0. The predicted molar refractivity (Wildman–Crippen MR) is 92.2 cm³/mol. The summed E-state index contributed by atoms with van der Waals surface area (Å²) in [7, 11) is 1.70. The Morgan fingerprint density at radius 3 is 2.15 bits per heavy atom. The monoisotopic (exact) mass is 392 g/mol. The summed E-state index contributed by atoms with van der Waals surface area (Å²) in [5, 5.41) is 15.8. The largest absolute Gasteiger partial charge is 0.495 e. The van der Waals surface area contributed by atoms with E-state index in [0.717, 1.165) is 50.6 Å². The van der Waals surface area contributed by atoms with Gasteiger partial charge in [-0.1, -0.05) is 12.1 Å². The van der Waals surface area contributed by atoms with Crippen LogP contribution in [0.1, 0.15) is 12.8 Å². The fraction of sp³-hybridized carbons (Fsp3) is 0.529. The number of hydrogen-bond donors (Lipinski definition) is 2. The van der Waals surface area contributed by atoms with Crippen LogP contribution in [0.4, 0.5) is 18.9 Å². The number of para-hydroxylation sites is 2. The Labute approximate surface area is 154 Å². The highest BCUT2D eigenvalue weighted by atomic mass is 19.4. The van der Waals surface area contributed by atoms with Crippen LogP contribution in [0.15, 0.2) is 24.3 Å². The van der Waals surface area contributed by atoms with Crippen LogP contribution >= 0.6 is 0 Å². The molecule has 0 amide bonds. The van der Waals surface area contributed by atoms with Crippen molar-refractivity contribution in [3.05, 3.63) is 24.3 Å². The molecule has 1 heterocycles. The molecule has 1 aliphatic rings. The highest BCUT2D eigenvalue weighted by Gasteiger charge is 2.38. The molecule has 0 radical (unpaired) electrons. The number of hydrogen-bond acceptors (Lipinski definition) is 5. The van der Waals surface area contributed by atoms with Gasteiger partial charge in [0.05, 0.1) is 12.8 Å². The summed E-state index contributed by atoms with van der Waals surface area (Å²) in [5.41, 5.74) is 1.14. The zero-order valence-electron chi connectivity index (χ0n) is 14.9. The SMILES string of the molecule is COc1ccccc1N1CCN(CCCC(=O)O)CC1.O=C(O)C(F)(F)F. The molecule has 10 heteroatoms. The average molecular weight is 392 g/mol. The molecule has 0 unspecified atom stereocenters. The van der Waals surface area contributed by atoms with Gasteiger partial charge in [0.1, 0.15) is 5.75 Å². The van der Waals surface area contributed by atoms with Crippen LogP contribution in [0.2, 0.25) is 0 Å². The lowest BCUT2D eigenvalue weighted by atomic mass is 10.2. The minimum atomic E-state index is -5.08. The molecule has 0 spiro atoms. The van der Waals surface area contributed by atoms with Crippen LogP contribution in [0.3, 0.4) is 0 Å². The van der Waals surface area contributed by atoms with E-state index in [0.29, 0.717) is 0 Å². The number of nitrogens with zero attached hydrogens (tertiary/aromatic N) is 2. The van der Waals surface area contributed by atoms with E-state index < -0.39 is 18.1 Å². The topological polar surface area (TPSA) is 90.3 Å². The van der Waals surface area contributed by atoms with Crippen LogP contribution in [0.5, 0.6) is 5.75 Å². The summed E-state index contributed by atoms with van der Waals surface area (Å²) in [5.74, 6) is -2.56. The predicted octanol–water partition coefficient (Wildman–Crippen LogP) is 2.32. The molecule has 1 saturated heterocycles. The Morgan fingerprint density at radius 2 is 1.67 bits per heavy atom. The number of carboxylic acids is 2. The quantitative estimate of drug-likeness (QED) is 0.768. The van der Waals surface area contributed by atoms with Crippen LogP contribution in [0, 0.1) is 0 Å². The van der Waals surface area contributed by atoms with Gasteiger partial charge in [0.2, 0.25) is 0 Å². The standard InChI is InChI=1S/C15H22N2O3.C2HF3O2/c1-20-14-6-3-2-5-13(14)17-11-9-16(10-12-17)8-4-7-15(18)19;3-2(4,5)1(6)7/h2-3,5-6H,4,7-12H2,1H3,(H,18,19);(H,6,7). The molecule has 1 aromatic carbocycles. The van der Waals surface area contributed by atoms with E-state index in [1.165, 1.54) is 0 Å². The van der Waals surface area contributed by atoms with E-state index in [4.69, 9.17) is 19.7 Å². The number of carboxylic acid groups (broad SMARTS) is 2. The first kappa shape index (κ1) is 22.6. The first-order valence-corrected chi connectivity index (χ1v) is 8.27. The number of alkyl halides is 3. The molecule has 27 heavy (non-hydrogen) atoms. The molecule has 0 aromatic heterocycles. The molecule has 2 rings (SSSR count). The highest BCUT2D eigenvalue weighted by Crippen LogP contribution is 2.28. The van der Waals surface area contributed by atoms with Gasteiger partial charge in [-0.2, -0.15) is 13.2 Å². The molecule has 1 aliphatic heterocycles. The summed E-state index contributed by atoms with van der Waals surface area (Å²) < 4.78 is 37.1. The molecule has 1 fully saturated rings. The van der Waals surface area contributed by atoms with Gasteiger partial charge in [-0.05, 0) is 25.1 Å². The van der Waals surface area contributed by atoms with Crippen molar-refractivity contribution in [3.8, 4) is 5.75 Å². The van der Waals surface area contributed by atoms with Gasteiger partial charge in [0.15, 0.2) is 0 Å². The fourth-order valence-corrected chi connectivity index (χ4v) is 2.56. The number of anilines is 1. The van der Waals surface area contributed by atoms with Crippen molar-refractivity contribution >= 4 is 17.6 Å². The number of benzene rings is 1. The zero-order chi connectivity index (χ0) is 20.4. The van der Waals surface area contributed by atoms with E-state index in [1.807, 2.05) is 18.2 Å². The third-order valence-electron chi connectivity index (χ3n) is 3.91. The maximum absolute atomic E-state index is 10.6. The minimum absolute atomic E-state index is 0.257. The number of aliphatic carboxylic acids is 2. The Hall–Kier alpha value is -2.49. The van der Waals surface area contributed by atoms with E-state index in [-0.39, 0.29) is 6.42 Å². The number of carbonyl (C=O) groups is 2. The summed E-state index contributed by atoms with van der Waals surface area (Å²) in [6, 6.07) is 8.06. The van der Waals surface area contributed by atoms with Gasteiger partial charge in [-0.3, -0.25) is 9.69 Å². The summed E-state index contributed by atoms with van der Waals surface area (Å²) in [4.78, 5) is 24.1. The van der Waals surface area contributed by atoms with Crippen molar-refractivity contribution < 1.29 is 37.7 Å². The zero-order valence-corrected chi connectivity index (χ0v) is 14.9. The molecule has 2 N–H and O–H groups in total. The molecule has 1 aromatic rings. The van der Waals surface area contributed by atoms with Gasteiger partial charge in [0, 0.05) is 32.6 Å². The Balaban J connectivity index is 0.000000445. The summed E-state index contributed by atoms with van der Waals surface area (Å²) in [6.07, 6.45) is -4.10. The number of rotatable bonds is 6. The second-order valence-electron chi connectivity index (χ2n) is 5.80. The minimum Gasteiger partial charge on any atom is -0.495 e. The Bertz CT molecular complexity index is 617. The second-order valence-corrected chi connectivity index (χ2v) is 5.80. The fourth-order valence-electron chi connectivity index (χ4n) is 2.56. The van der Waals surface area contributed by atoms with Crippen LogP contribution in [-0.2, 0) is 9.59 Å². The number of piperazine rings is 1. The molecule has 0 atom stereocenters. The van der Waals surface area contributed by atoms with Gasteiger partial charge in [0.25, 0.3) is 0 Å². The first-order chi connectivity index (χ1) is 12.6. The second kappa shape index (κ2) is 10.6. The van der Waals surface area contributed by atoms with Crippen LogP contribution in [0.25, 0.3) is 0 Å². The van der Waals surface area contributed by atoms with Gasteiger partial charge in [-0.25, -0.2) is 4.79 Å². The molecule has 7 nitrogen and oxygen atoms in total. The maximum Gasteiger partial charge on any atom is 0.490 e. The number of methoxy groups -OCH3 is 1. The average Bonchev–Trinajstić information content (AvgIpc) is 2.62. The highest BCUT2D eigenvalue weighted by molar-refractivity contribution is 5.73. The van der Waals surface area contributed by atoms with Crippen molar-refractivity contribution in [2.75, 3.05) is 44.7 Å². The summed E-state index contributed by atoms with van der Waals surface area (Å²) in [6.45, 7) is 4.71. The molecule has 0 bridgehead atoms. The molecular weight excluding hydrogens is 369 g/mol. The lowest BCUT2D eigenvalue weighted by molar-refractivity contribution is -0.192. The lowest BCUT2D eigenvalue weighted by Gasteiger charge is -2.36. The third-order valence-corrected chi connectivity index (χ3v) is 3.91. The smallest absolute Gasteiger partial charge is 0.490 e. The Kier molecular flexibility index (Phi) is 8.86. The molecule has 152 valence electrons. The van der Waals surface area contributed by atoms with Crippen molar-refractivity contribution in [3.63, 3.8) is 0 Å². The van der Waals surface area contributed by atoms with Crippen molar-refractivity contribution in [2.45, 2.75) is 19.0 Å². The van der Waals surface area contributed by atoms with Gasteiger partial charge >= 0.3 is 18.1 Å². The number of ether oxygens (including phenoxy) is 1. The van der Waals surface area contributed by atoms with Crippen molar-refractivity contribution in [1.29, 1.82) is 0 Å². The van der Waals surface area contributed by atoms with E-state index >= 15 is 0 Å². The maximum atomic E-state index is 10.6. The lowest BCUT2D eigenvalue weighted by Crippen LogP contribution is -2.46. The normalized spacial score (nSPS) is 14.9. The van der Waals surface area contributed by atoms with Crippen molar-refractivity contribution in [2.24, 2.45) is 0 Å². The van der Waals surface area contributed by atoms with E-state index in [2.05, 4.69) is 15.9 Å². The molecule has 0 saturated carbocycles. The van der Waals surface area contributed by atoms with Gasteiger partial charge < -0.3 is 19.8 Å². The van der Waals surface area contributed by atoms with Crippen LogP contribution in [-0.4, -0.2) is 73.1 Å². The molecular formula is C17H23F3N2O5. The van der Waals surface area contributed by atoms with Crippen LogP contribution < -0.4 is 9.64 Å². The van der Waals surface area contributed by atoms with Crippen molar-refractivity contribution in [1.82, 2.24) is 4.90 Å². The van der Waals surface area contributed by atoms with Gasteiger partial charge in [-0.15, -0.1) is 0 Å². The number of halogens is 3. The Morgan fingerprint density at radius 1 is 1.11 bits per heavy atom. The first-order valence-electron chi connectivity index (χ1n) is 8.27.